The van der Waals surface area contributed by atoms with Crippen LogP contribution in [0.25, 0.3) is 11.0 Å². The minimum absolute atomic E-state index is 0.126. The van der Waals surface area contributed by atoms with Gasteiger partial charge in [0.2, 0.25) is 5.91 Å². The van der Waals surface area contributed by atoms with Gasteiger partial charge in [-0.15, -0.1) is 0 Å². The standard InChI is InChI=1S/C20H25NO5/c1-12(2)11-25-15-5-6-16-14(4)17(20(24)26-18(16)9-15)7-8-19(23)21-13(3)10-22/h5-6,9,13,22H,1,7-8,10-11H2,2-4H3,(H,21,23). The Morgan fingerprint density at radius 1 is 1.42 bits per heavy atom. The Labute approximate surface area is 152 Å². The van der Waals surface area contributed by atoms with Crippen LogP contribution in [-0.4, -0.2) is 30.3 Å². The second kappa shape index (κ2) is 8.67. The fourth-order valence-corrected chi connectivity index (χ4v) is 2.59. The first-order chi connectivity index (χ1) is 12.3. The van der Waals surface area contributed by atoms with Crippen molar-refractivity contribution in [2.45, 2.75) is 39.7 Å². The summed E-state index contributed by atoms with van der Waals surface area (Å²) < 4.78 is 11.0. The first kappa shape index (κ1) is 19.7. The van der Waals surface area contributed by atoms with E-state index in [2.05, 4.69) is 11.9 Å². The second-order valence-corrected chi connectivity index (χ2v) is 6.55. The lowest BCUT2D eigenvalue weighted by Gasteiger charge is -2.12. The van der Waals surface area contributed by atoms with Crippen LogP contribution in [0.1, 0.15) is 31.4 Å². The number of rotatable bonds is 8. The Kier molecular flexibility index (Phi) is 6.58. The van der Waals surface area contributed by atoms with Crippen molar-refractivity contribution in [3.63, 3.8) is 0 Å². The van der Waals surface area contributed by atoms with Gasteiger partial charge in [-0.2, -0.15) is 0 Å². The van der Waals surface area contributed by atoms with Crippen LogP contribution >= 0.6 is 0 Å². The molecule has 6 nitrogen and oxygen atoms in total. The summed E-state index contributed by atoms with van der Waals surface area (Å²) in [5.74, 6) is 0.391. The van der Waals surface area contributed by atoms with Crippen molar-refractivity contribution in [1.82, 2.24) is 5.32 Å². The molecule has 1 atom stereocenters. The lowest BCUT2D eigenvalue weighted by molar-refractivity contribution is -0.121. The maximum Gasteiger partial charge on any atom is 0.339 e. The SMILES string of the molecule is C=C(C)COc1ccc2c(C)c(CCC(=O)NC(C)CO)c(=O)oc2c1. The molecule has 1 aromatic heterocycles. The minimum atomic E-state index is -0.449. The summed E-state index contributed by atoms with van der Waals surface area (Å²) in [4.78, 5) is 24.2. The predicted octanol–water partition coefficient (Wildman–Crippen LogP) is 2.49. The maximum absolute atomic E-state index is 12.3. The molecule has 140 valence electrons. The van der Waals surface area contributed by atoms with Crippen molar-refractivity contribution in [1.29, 1.82) is 0 Å². The van der Waals surface area contributed by atoms with E-state index in [9.17, 15) is 9.59 Å². The molecule has 26 heavy (non-hydrogen) atoms. The zero-order valence-corrected chi connectivity index (χ0v) is 15.4. The van der Waals surface area contributed by atoms with Crippen molar-refractivity contribution < 1.29 is 19.1 Å². The fraction of sp³-hybridized carbons (Fsp3) is 0.400. The van der Waals surface area contributed by atoms with Gasteiger partial charge in [0.1, 0.15) is 17.9 Å². The first-order valence-corrected chi connectivity index (χ1v) is 8.55. The van der Waals surface area contributed by atoms with Crippen molar-refractivity contribution in [3.8, 4) is 5.75 Å². The number of nitrogens with one attached hydrogen (secondary N) is 1. The van der Waals surface area contributed by atoms with Gasteiger partial charge in [0.15, 0.2) is 0 Å². The lowest BCUT2D eigenvalue weighted by atomic mass is 10.0. The zero-order chi connectivity index (χ0) is 19.3. The molecule has 0 saturated heterocycles. The molecule has 0 saturated carbocycles. The van der Waals surface area contributed by atoms with Gasteiger partial charge >= 0.3 is 5.63 Å². The van der Waals surface area contributed by atoms with E-state index in [4.69, 9.17) is 14.3 Å². The van der Waals surface area contributed by atoms with Gasteiger partial charge < -0.3 is 19.6 Å². The fourth-order valence-electron chi connectivity index (χ4n) is 2.59. The second-order valence-electron chi connectivity index (χ2n) is 6.55. The molecule has 0 aliphatic carbocycles. The highest BCUT2D eigenvalue weighted by molar-refractivity contribution is 5.82. The molecule has 0 aliphatic heterocycles. The van der Waals surface area contributed by atoms with Crippen molar-refractivity contribution in [2.75, 3.05) is 13.2 Å². The monoisotopic (exact) mass is 359 g/mol. The van der Waals surface area contributed by atoms with Gasteiger partial charge in [0.05, 0.1) is 6.61 Å². The highest BCUT2D eigenvalue weighted by Gasteiger charge is 2.14. The lowest BCUT2D eigenvalue weighted by Crippen LogP contribution is -2.35. The highest BCUT2D eigenvalue weighted by atomic mass is 16.5. The largest absolute Gasteiger partial charge is 0.489 e. The Balaban J connectivity index is 2.21. The molecule has 0 radical (unpaired) electrons. The Hall–Kier alpha value is -2.60. The number of hydrogen-bond acceptors (Lipinski definition) is 5. The molecule has 2 N–H and O–H groups in total. The van der Waals surface area contributed by atoms with Crippen LogP contribution in [0.3, 0.4) is 0 Å². The van der Waals surface area contributed by atoms with Crippen LogP contribution in [0.4, 0.5) is 0 Å². The van der Waals surface area contributed by atoms with Crippen LogP contribution in [0, 0.1) is 6.92 Å². The van der Waals surface area contributed by atoms with Crippen LogP contribution in [0.2, 0.25) is 0 Å². The maximum atomic E-state index is 12.3. The van der Waals surface area contributed by atoms with Gasteiger partial charge in [0.25, 0.3) is 0 Å². The topological polar surface area (TPSA) is 88.8 Å². The average Bonchev–Trinajstić information content (AvgIpc) is 2.59. The van der Waals surface area contributed by atoms with Crippen LogP contribution < -0.4 is 15.7 Å². The number of fused-ring (bicyclic) bond motifs is 1. The summed E-state index contributed by atoms with van der Waals surface area (Å²) in [5.41, 5.74) is 2.18. The van der Waals surface area contributed by atoms with Crippen LogP contribution in [0.15, 0.2) is 39.6 Å². The van der Waals surface area contributed by atoms with E-state index in [1.165, 1.54) is 0 Å². The van der Waals surface area contributed by atoms with E-state index in [0.717, 1.165) is 16.5 Å². The summed E-state index contributed by atoms with van der Waals surface area (Å²) in [6.45, 7) is 9.48. The molecule has 1 amide bonds. The number of aryl methyl sites for hydroxylation is 1. The van der Waals surface area contributed by atoms with E-state index in [1.807, 2.05) is 26.0 Å². The number of benzene rings is 1. The third kappa shape index (κ3) is 4.95. The number of aliphatic hydroxyl groups is 1. The highest BCUT2D eigenvalue weighted by Crippen LogP contribution is 2.25. The Morgan fingerprint density at radius 2 is 2.15 bits per heavy atom. The van der Waals surface area contributed by atoms with E-state index in [1.54, 1.807) is 13.0 Å². The number of hydrogen-bond donors (Lipinski definition) is 2. The number of ether oxygens (including phenoxy) is 1. The predicted molar refractivity (Wildman–Crippen MR) is 101 cm³/mol. The summed E-state index contributed by atoms with van der Waals surface area (Å²) in [7, 11) is 0. The van der Waals surface area contributed by atoms with Crippen LogP contribution in [0.5, 0.6) is 5.75 Å². The van der Waals surface area contributed by atoms with Crippen LogP contribution in [-0.2, 0) is 11.2 Å². The van der Waals surface area contributed by atoms with E-state index < -0.39 is 5.63 Å². The smallest absolute Gasteiger partial charge is 0.339 e. The van der Waals surface area contributed by atoms with E-state index in [-0.39, 0.29) is 31.4 Å². The van der Waals surface area contributed by atoms with E-state index in [0.29, 0.717) is 23.5 Å². The summed E-state index contributed by atoms with van der Waals surface area (Å²) >= 11 is 0. The van der Waals surface area contributed by atoms with E-state index >= 15 is 0 Å². The molecule has 0 bridgehead atoms. The van der Waals surface area contributed by atoms with Gasteiger partial charge in [-0.05, 0) is 50.5 Å². The molecule has 1 aromatic carbocycles. The number of aliphatic hydroxyl groups excluding tert-OH is 1. The number of carbonyl (C=O) groups excluding carboxylic acids is 1. The Morgan fingerprint density at radius 3 is 2.81 bits per heavy atom. The molecule has 0 aliphatic rings. The summed E-state index contributed by atoms with van der Waals surface area (Å²) in [5, 5.41) is 12.4. The summed E-state index contributed by atoms with van der Waals surface area (Å²) in [6.07, 6.45) is 0.434. The molecule has 6 heteroatoms. The average molecular weight is 359 g/mol. The zero-order valence-electron chi connectivity index (χ0n) is 15.4. The Bertz CT molecular complexity index is 868. The molecule has 2 aromatic rings. The van der Waals surface area contributed by atoms with Gasteiger partial charge in [-0.1, -0.05) is 6.58 Å². The molecule has 1 unspecified atom stereocenters. The number of amides is 1. The van der Waals surface area contributed by atoms with Crippen molar-refractivity contribution in [2.24, 2.45) is 0 Å². The molecule has 1 heterocycles. The molecule has 0 spiro atoms. The third-order valence-corrected chi connectivity index (χ3v) is 4.03. The molecular weight excluding hydrogens is 334 g/mol. The molecular formula is C20H25NO5. The van der Waals surface area contributed by atoms with Gasteiger partial charge in [0, 0.05) is 29.5 Å². The van der Waals surface area contributed by atoms with Crippen molar-refractivity contribution >= 4 is 16.9 Å². The minimum Gasteiger partial charge on any atom is -0.489 e. The number of carbonyl (C=O) groups is 1. The van der Waals surface area contributed by atoms with Gasteiger partial charge in [-0.25, -0.2) is 4.79 Å². The van der Waals surface area contributed by atoms with Gasteiger partial charge in [-0.3, -0.25) is 4.79 Å². The quantitative estimate of drug-likeness (QED) is 0.558. The van der Waals surface area contributed by atoms with Crippen molar-refractivity contribution in [3.05, 3.63) is 51.9 Å². The summed E-state index contributed by atoms with van der Waals surface area (Å²) in [6, 6.07) is 5.04. The molecule has 0 fully saturated rings. The normalized spacial score (nSPS) is 12.0. The first-order valence-electron chi connectivity index (χ1n) is 8.55. The molecule has 2 rings (SSSR count). The third-order valence-electron chi connectivity index (χ3n) is 4.03.